The average molecular weight is 369 g/mol. The molecule has 0 bridgehead atoms. The van der Waals surface area contributed by atoms with E-state index in [9.17, 15) is 12.8 Å². The van der Waals surface area contributed by atoms with E-state index in [2.05, 4.69) is 15.9 Å². The number of furan rings is 1. The van der Waals surface area contributed by atoms with Gasteiger partial charge in [0.2, 0.25) is 9.84 Å². The van der Waals surface area contributed by atoms with Gasteiger partial charge >= 0.3 is 0 Å². The summed E-state index contributed by atoms with van der Waals surface area (Å²) in [7, 11) is -3.77. The van der Waals surface area contributed by atoms with Crippen molar-refractivity contribution in [2.45, 2.75) is 16.7 Å². The van der Waals surface area contributed by atoms with Gasteiger partial charge in [0.25, 0.3) is 0 Å². The van der Waals surface area contributed by atoms with Crippen LogP contribution in [0.3, 0.4) is 0 Å². The predicted molar refractivity (Wildman–Crippen MR) is 80.5 cm³/mol. The molecule has 0 aliphatic heterocycles. The molecule has 0 aliphatic carbocycles. The van der Waals surface area contributed by atoms with Gasteiger partial charge in [0, 0.05) is 9.86 Å². The summed E-state index contributed by atoms with van der Waals surface area (Å²) in [5.41, 5.74) is 0.497. The van der Waals surface area contributed by atoms with Gasteiger partial charge in [-0.05, 0) is 49.4 Å². The zero-order valence-electron chi connectivity index (χ0n) is 10.9. The molecule has 0 spiro atoms. The van der Waals surface area contributed by atoms with E-state index >= 15 is 0 Å². The zero-order chi connectivity index (χ0) is 15.2. The molecule has 1 aromatic heterocycles. The molecule has 0 atom stereocenters. The molecule has 3 rings (SSSR count). The van der Waals surface area contributed by atoms with Crippen LogP contribution in [0.5, 0.6) is 0 Å². The molecule has 0 radical (unpaired) electrons. The maximum atomic E-state index is 13.0. The van der Waals surface area contributed by atoms with Crippen molar-refractivity contribution in [1.29, 1.82) is 0 Å². The molecule has 0 saturated carbocycles. The summed E-state index contributed by atoms with van der Waals surface area (Å²) in [5.74, 6) is -0.169. The number of benzene rings is 2. The van der Waals surface area contributed by atoms with Crippen LogP contribution in [0.15, 0.2) is 61.1 Å². The fraction of sp³-hybridized carbons (Fsp3) is 0.0667. The minimum absolute atomic E-state index is 0.0367. The third-order valence-corrected chi connectivity index (χ3v) is 5.59. The lowest BCUT2D eigenvalue weighted by Crippen LogP contribution is -2.02. The molecule has 0 N–H and O–H groups in total. The zero-order valence-corrected chi connectivity index (χ0v) is 13.3. The molecule has 2 aromatic carbocycles. The van der Waals surface area contributed by atoms with Gasteiger partial charge in [0.1, 0.15) is 22.1 Å². The van der Waals surface area contributed by atoms with Crippen LogP contribution in [0.25, 0.3) is 11.0 Å². The van der Waals surface area contributed by atoms with Gasteiger partial charge in [-0.25, -0.2) is 12.8 Å². The second kappa shape index (κ2) is 4.96. The Morgan fingerprint density at radius 1 is 1.10 bits per heavy atom. The normalized spacial score (nSPS) is 12.0. The van der Waals surface area contributed by atoms with Crippen LogP contribution in [0.4, 0.5) is 4.39 Å². The first-order chi connectivity index (χ1) is 9.89. The Labute approximate surface area is 129 Å². The van der Waals surface area contributed by atoms with Gasteiger partial charge in [0.05, 0.1) is 4.90 Å². The molecule has 108 valence electrons. The molecule has 1 heterocycles. The van der Waals surface area contributed by atoms with Crippen LogP contribution in [-0.2, 0) is 9.84 Å². The van der Waals surface area contributed by atoms with Crippen LogP contribution in [0.2, 0.25) is 0 Å². The molecule has 0 aliphatic rings. The quantitative estimate of drug-likeness (QED) is 0.626. The third kappa shape index (κ3) is 2.38. The molecule has 3 nitrogen and oxygen atoms in total. The molecule has 21 heavy (non-hydrogen) atoms. The van der Waals surface area contributed by atoms with Crippen LogP contribution in [0, 0.1) is 12.7 Å². The highest BCUT2D eigenvalue weighted by Gasteiger charge is 2.26. The van der Waals surface area contributed by atoms with Gasteiger partial charge < -0.3 is 4.42 Å². The molecular weight excluding hydrogens is 359 g/mol. The van der Waals surface area contributed by atoms with Gasteiger partial charge in [-0.3, -0.25) is 0 Å². The molecule has 0 saturated heterocycles. The number of sulfone groups is 1. The van der Waals surface area contributed by atoms with Crippen LogP contribution < -0.4 is 0 Å². The fourth-order valence-electron chi connectivity index (χ4n) is 2.24. The molecule has 0 unspecified atom stereocenters. The smallest absolute Gasteiger partial charge is 0.210 e. The lowest BCUT2D eigenvalue weighted by atomic mass is 10.2. The SMILES string of the molecule is Cc1oc2ccc(Br)cc2c1S(=O)(=O)c1ccc(F)cc1. The summed E-state index contributed by atoms with van der Waals surface area (Å²) in [5, 5.41) is 0.506. The second-order valence-corrected chi connectivity index (χ2v) is 7.39. The molecular formula is C15H10BrFO3S. The minimum Gasteiger partial charge on any atom is -0.460 e. The van der Waals surface area contributed by atoms with Crippen molar-refractivity contribution in [2.24, 2.45) is 0 Å². The first kappa shape index (κ1) is 14.3. The van der Waals surface area contributed by atoms with Crippen molar-refractivity contribution >= 4 is 36.7 Å². The van der Waals surface area contributed by atoms with Crippen LogP contribution in [-0.4, -0.2) is 8.42 Å². The summed E-state index contributed by atoms with van der Waals surface area (Å²) < 4.78 is 44.8. The second-order valence-electron chi connectivity index (χ2n) is 4.59. The minimum atomic E-state index is -3.77. The van der Waals surface area contributed by atoms with Crippen molar-refractivity contribution in [3.8, 4) is 0 Å². The summed E-state index contributed by atoms with van der Waals surface area (Å²) >= 11 is 3.32. The molecule has 3 aromatic rings. The van der Waals surface area contributed by atoms with E-state index in [0.717, 1.165) is 16.6 Å². The number of hydrogen-bond acceptors (Lipinski definition) is 3. The summed E-state index contributed by atoms with van der Waals surface area (Å²) in [6.45, 7) is 1.60. The Morgan fingerprint density at radius 2 is 1.76 bits per heavy atom. The van der Waals surface area contributed by atoms with E-state index in [0.29, 0.717) is 16.7 Å². The number of rotatable bonds is 2. The summed E-state index contributed by atoms with van der Waals surface area (Å²) in [6, 6.07) is 9.93. The van der Waals surface area contributed by atoms with E-state index in [1.807, 2.05) is 0 Å². The van der Waals surface area contributed by atoms with Crippen molar-refractivity contribution < 1.29 is 17.2 Å². The van der Waals surface area contributed by atoms with Crippen LogP contribution in [0.1, 0.15) is 5.76 Å². The molecule has 6 heteroatoms. The summed E-state index contributed by atoms with van der Waals surface area (Å²) in [4.78, 5) is 0.153. The summed E-state index contributed by atoms with van der Waals surface area (Å²) in [6.07, 6.45) is 0. The highest BCUT2D eigenvalue weighted by molar-refractivity contribution is 9.10. The Hall–Kier alpha value is -1.66. The lowest BCUT2D eigenvalue weighted by molar-refractivity contribution is 0.557. The van der Waals surface area contributed by atoms with Gasteiger partial charge in [-0.2, -0.15) is 0 Å². The fourth-order valence-corrected chi connectivity index (χ4v) is 4.20. The molecule has 0 amide bonds. The molecule has 0 fully saturated rings. The Morgan fingerprint density at radius 3 is 2.43 bits per heavy atom. The maximum Gasteiger partial charge on any atom is 0.210 e. The lowest BCUT2D eigenvalue weighted by Gasteiger charge is -2.04. The highest BCUT2D eigenvalue weighted by Crippen LogP contribution is 2.35. The number of hydrogen-bond donors (Lipinski definition) is 0. The van der Waals surface area contributed by atoms with Gasteiger partial charge in [-0.1, -0.05) is 15.9 Å². The first-order valence-electron chi connectivity index (χ1n) is 6.09. The highest BCUT2D eigenvalue weighted by atomic mass is 79.9. The van der Waals surface area contributed by atoms with E-state index in [4.69, 9.17) is 4.42 Å². The number of fused-ring (bicyclic) bond motifs is 1. The Kier molecular flexibility index (Phi) is 3.37. The van der Waals surface area contributed by atoms with Crippen molar-refractivity contribution in [3.63, 3.8) is 0 Å². The van der Waals surface area contributed by atoms with Gasteiger partial charge in [-0.15, -0.1) is 0 Å². The largest absolute Gasteiger partial charge is 0.460 e. The van der Waals surface area contributed by atoms with E-state index < -0.39 is 15.7 Å². The van der Waals surface area contributed by atoms with E-state index in [-0.39, 0.29) is 9.79 Å². The van der Waals surface area contributed by atoms with Crippen LogP contribution >= 0.6 is 15.9 Å². The predicted octanol–water partition coefficient (Wildman–Crippen LogP) is 4.48. The monoisotopic (exact) mass is 368 g/mol. The standard InChI is InChI=1S/C15H10BrFO3S/c1-9-15(13-8-10(16)2-7-14(13)20-9)21(18,19)12-5-3-11(17)4-6-12/h2-8H,1H3. The Balaban J connectivity index is 2.30. The van der Waals surface area contributed by atoms with Crippen molar-refractivity contribution in [1.82, 2.24) is 0 Å². The third-order valence-electron chi connectivity index (χ3n) is 3.16. The number of halogens is 2. The van der Waals surface area contributed by atoms with E-state index in [1.165, 1.54) is 12.1 Å². The van der Waals surface area contributed by atoms with Crippen molar-refractivity contribution in [3.05, 3.63) is 58.5 Å². The average Bonchev–Trinajstić information content (AvgIpc) is 2.75. The maximum absolute atomic E-state index is 13.0. The Bertz CT molecular complexity index is 927. The number of aryl methyl sites for hydroxylation is 1. The van der Waals surface area contributed by atoms with E-state index in [1.54, 1.807) is 25.1 Å². The van der Waals surface area contributed by atoms with Gasteiger partial charge in [0.15, 0.2) is 0 Å². The first-order valence-corrected chi connectivity index (χ1v) is 8.36. The van der Waals surface area contributed by atoms with Crippen molar-refractivity contribution in [2.75, 3.05) is 0 Å². The topological polar surface area (TPSA) is 47.3 Å².